The van der Waals surface area contributed by atoms with E-state index in [0.29, 0.717) is 0 Å². The van der Waals surface area contributed by atoms with E-state index in [4.69, 9.17) is 4.99 Å². The van der Waals surface area contributed by atoms with Crippen molar-refractivity contribution in [1.29, 1.82) is 0 Å². The van der Waals surface area contributed by atoms with Crippen LogP contribution in [-0.4, -0.2) is 62.6 Å². The molecule has 146 valence electrons. The summed E-state index contributed by atoms with van der Waals surface area (Å²) < 4.78 is 0. The molecular formula is C21H31N5S. The number of nitrogens with one attached hydrogen (secondary N) is 1. The maximum absolute atomic E-state index is 4.92. The molecule has 2 aromatic rings. The summed E-state index contributed by atoms with van der Waals surface area (Å²) in [6, 6.07) is 13.1. The second kappa shape index (κ2) is 9.76. The minimum absolute atomic E-state index is 0.717. The average molecular weight is 386 g/mol. The Balaban J connectivity index is 1.61. The smallest absolute Gasteiger partial charge is 0.194 e. The summed E-state index contributed by atoms with van der Waals surface area (Å²) in [5.74, 6) is 1.03. The molecule has 1 aromatic carbocycles. The van der Waals surface area contributed by atoms with Gasteiger partial charge in [0.1, 0.15) is 0 Å². The third-order valence-corrected chi connectivity index (χ3v) is 5.56. The van der Waals surface area contributed by atoms with Gasteiger partial charge in [-0.15, -0.1) is 11.3 Å². The molecule has 0 unspecified atom stereocenters. The lowest BCUT2D eigenvalue weighted by molar-refractivity contribution is 0.373. The van der Waals surface area contributed by atoms with E-state index in [2.05, 4.69) is 82.8 Å². The molecule has 3 rings (SSSR count). The Bertz CT molecular complexity index is 718. The predicted molar refractivity (Wildman–Crippen MR) is 117 cm³/mol. The second-order valence-electron chi connectivity index (χ2n) is 7.15. The SMILES string of the molecule is CCNC(=NCc1cccc(CN(C)C)c1)N1CCN(c2cccs2)CC1. The molecule has 1 saturated heterocycles. The summed E-state index contributed by atoms with van der Waals surface area (Å²) in [7, 11) is 4.20. The number of aliphatic imine (C=N–C) groups is 1. The van der Waals surface area contributed by atoms with E-state index in [1.807, 2.05) is 11.3 Å². The molecular weight excluding hydrogens is 354 g/mol. The van der Waals surface area contributed by atoms with Gasteiger partial charge in [-0.3, -0.25) is 0 Å². The lowest BCUT2D eigenvalue weighted by atomic mass is 10.1. The van der Waals surface area contributed by atoms with Crippen LogP contribution in [0.15, 0.2) is 46.8 Å². The normalized spacial score (nSPS) is 15.5. The van der Waals surface area contributed by atoms with Crippen LogP contribution >= 0.6 is 11.3 Å². The van der Waals surface area contributed by atoms with Gasteiger partial charge in [-0.25, -0.2) is 4.99 Å². The zero-order valence-electron chi connectivity index (χ0n) is 16.7. The van der Waals surface area contributed by atoms with Gasteiger partial charge in [0.15, 0.2) is 5.96 Å². The van der Waals surface area contributed by atoms with E-state index in [0.717, 1.165) is 51.8 Å². The molecule has 0 aliphatic carbocycles. The fraction of sp³-hybridized carbons (Fsp3) is 0.476. The molecule has 0 saturated carbocycles. The van der Waals surface area contributed by atoms with Gasteiger partial charge in [-0.1, -0.05) is 24.3 Å². The summed E-state index contributed by atoms with van der Waals surface area (Å²) in [5.41, 5.74) is 2.60. The number of guanidine groups is 1. The van der Waals surface area contributed by atoms with Crippen LogP contribution in [0.25, 0.3) is 0 Å². The van der Waals surface area contributed by atoms with Gasteiger partial charge in [-0.2, -0.15) is 0 Å². The minimum atomic E-state index is 0.717. The molecule has 5 nitrogen and oxygen atoms in total. The van der Waals surface area contributed by atoms with Crippen molar-refractivity contribution >= 4 is 22.3 Å². The fourth-order valence-corrected chi connectivity index (χ4v) is 4.16. The lowest BCUT2D eigenvalue weighted by Crippen LogP contribution is -2.52. The number of rotatable bonds is 6. The Hall–Kier alpha value is -2.05. The highest BCUT2D eigenvalue weighted by Gasteiger charge is 2.20. The van der Waals surface area contributed by atoms with Crippen molar-refractivity contribution in [2.45, 2.75) is 20.0 Å². The summed E-state index contributed by atoms with van der Waals surface area (Å²) in [5, 5.41) is 6.99. The Kier molecular flexibility index (Phi) is 7.12. The Morgan fingerprint density at radius 2 is 1.89 bits per heavy atom. The van der Waals surface area contributed by atoms with E-state index in [-0.39, 0.29) is 0 Å². The molecule has 1 aliphatic heterocycles. The third kappa shape index (κ3) is 5.71. The van der Waals surface area contributed by atoms with Crippen molar-refractivity contribution in [3.63, 3.8) is 0 Å². The van der Waals surface area contributed by atoms with Crippen molar-refractivity contribution in [1.82, 2.24) is 15.1 Å². The van der Waals surface area contributed by atoms with E-state index < -0.39 is 0 Å². The largest absolute Gasteiger partial charge is 0.360 e. The molecule has 0 radical (unpaired) electrons. The van der Waals surface area contributed by atoms with Crippen LogP contribution in [0, 0.1) is 0 Å². The topological polar surface area (TPSA) is 34.1 Å². The van der Waals surface area contributed by atoms with E-state index in [1.54, 1.807) is 0 Å². The highest BCUT2D eigenvalue weighted by atomic mass is 32.1. The molecule has 0 amide bonds. The first-order valence-corrected chi connectivity index (χ1v) is 10.6. The van der Waals surface area contributed by atoms with Gasteiger partial charge in [0.25, 0.3) is 0 Å². The van der Waals surface area contributed by atoms with Crippen LogP contribution in [0.1, 0.15) is 18.1 Å². The van der Waals surface area contributed by atoms with Crippen LogP contribution in [-0.2, 0) is 13.1 Å². The second-order valence-corrected chi connectivity index (χ2v) is 8.08. The Morgan fingerprint density at radius 3 is 2.56 bits per heavy atom. The molecule has 0 spiro atoms. The number of hydrogen-bond donors (Lipinski definition) is 1. The molecule has 0 bridgehead atoms. The molecule has 0 atom stereocenters. The minimum Gasteiger partial charge on any atom is -0.360 e. The number of piperazine rings is 1. The number of benzene rings is 1. The van der Waals surface area contributed by atoms with Crippen LogP contribution in [0.3, 0.4) is 0 Å². The predicted octanol–water partition coefficient (Wildman–Crippen LogP) is 3.10. The zero-order chi connectivity index (χ0) is 19.1. The number of thiophene rings is 1. The van der Waals surface area contributed by atoms with Crippen LogP contribution < -0.4 is 10.2 Å². The van der Waals surface area contributed by atoms with Crippen LogP contribution in [0.4, 0.5) is 5.00 Å². The third-order valence-electron chi connectivity index (χ3n) is 4.63. The highest BCUT2D eigenvalue weighted by molar-refractivity contribution is 7.14. The van der Waals surface area contributed by atoms with E-state index in [1.165, 1.54) is 16.1 Å². The Morgan fingerprint density at radius 1 is 1.11 bits per heavy atom. The van der Waals surface area contributed by atoms with E-state index >= 15 is 0 Å². The first-order chi connectivity index (χ1) is 13.2. The zero-order valence-corrected chi connectivity index (χ0v) is 17.5. The van der Waals surface area contributed by atoms with Gasteiger partial charge < -0.3 is 20.0 Å². The van der Waals surface area contributed by atoms with Crippen molar-refractivity contribution in [2.24, 2.45) is 4.99 Å². The summed E-state index contributed by atoms with van der Waals surface area (Å²) in [6.07, 6.45) is 0. The van der Waals surface area contributed by atoms with Crippen LogP contribution in [0.5, 0.6) is 0 Å². The summed E-state index contributed by atoms with van der Waals surface area (Å²) >= 11 is 1.82. The highest BCUT2D eigenvalue weighted by Crippen LogP contribution is 2.22. The maximum atomic E-state index is 4.92. The first-order valence-electron chi connectivity index (χ1n) is 9.70. The quantitative estimate of drug-likeness (QED) is 0.612. The summed E-state index contributed by atoms with van der Waals surface area (Å²) in [4.78, 5) is 12.0. The van der Waals surface area contributed by atoms with Gasteiger partial charge >= 0.3 is 0 Å². The van der Waals surface area contributed by atoms with Gasteiger partial charge in [0.2, 0.25) is 0 Å². The monoisotopic (exact) mass is 385 g/mol. The Labute approximate surface area is 167 Å². The van der Waals surface area contributed by atoms with Crippen molar-refractivity contribution in [2.75, 3.05) is 51.7 Å². The van der Waals surface area contributed by atoms with Gasteiger partial charge in [0.05, 0.1) is 11.5 Å². The van der Waals surface area contributed by atoms with Crippen molar-refractivity contribution < 1.29 is 0 Å². The fourth-order valence-electron chi connectivity index (χ4n) is 3.37. The molecule has 1 fully saturated rings. The summed E-state index contributed by atoms with van der Waals surface area (Å²) in [6.45, 7) is 8.80. The molecule has 2 heterocycles. The number of nitrogens with zero attached hydrogens (tertiary/aromatic N) is 4. The van der Waals surface area contributed by atoms with Gasteiger partial charge in [-0.05, 0) is 49.7 Å². The first kappa shape index (κ1) is 19.7. The molecule has 1 aliphatic rings. The average Bonchev–Trinajstić information content (AvgIpc) is 3.20. The van der Waals surface area contributed by atoms with Crippen molar-refractivity contribution in [3.8, 4) is 0 Å². The molecule has 27 heavy (non-hydrogen) atoms. The van der Waals surface area contributed by atoms with E-state index in [9.17, 15) is 0 Å². The standard InChI is InChI=1S/C21H31N5S/c1-4-22-21(23-16-18-7-5-8-19(15-18)17-24(2)3)26-12-10-25(11-13-26)20-9-6-14-27-20/h5-9,14-15H,4,10-13,16-17H2,1-3H3,(H,22,23). The maximum Gasteiger partial charge on any atom is 0.194 e. The van der Waals surface area contributed by atoms with Crippen LogP contribution in [0.2, 0.25) is 0 Å². The molecule has 1 N–H and O–H groups in total. The lowest BCUT2D eigenvalue weighted by Gasteiger charge is -2.37. The number of hydrogen-bond acceptors (Lipinski definition) is 4. The molecule has 6 heteroatoms. The number of anilines is 1. The van der Waals surface area contributed by atoms with Crippen molar-refractivity contribution in [3.05, 3.63) is 52.9 Å². The van der Waals surface area contributed by atoms with Gasteiger partial charge in [0, 0.05) is 39.3 Å². The molecule has 1 aromatic heterocycles.